The van der Waals surface area contributed by atoms with Gasteiger partial charge in [-0.05, 0) is 48.8 Å². The molecule has 0 radical (unpaired) electrons. The molecule has 8 heteroatoms. The van der Waals surface area contributed by atoms with Crippen molar-refractivity contribution in [3.63, 3.8) is 0 Å². The van der Waals surface area contributed by atoms with E-state index >= 15 is 0 Å². The van der Waals surface area contributed by atoms with Crippen LogP contribution in [0.4, 0.5) is 11.4 Å². The highest BCUT2D eigenvalue weighted by Crippen LogP contribution is 2.47. The van der Waals surface area contributed by atoms with Crippen molar-refractivity contribution in [2.24, 2.45) is 17.8 Å². The third-order valence-electron chi connectivity index (χ3n) is 4.63. The van der Waals surface area contributed by atoms with Crippen molar-refractivity contribution in [3.8, 4) is 0 Å². The maximum Gasteiger partial charge on any atom is 0.259 e. The number of hydrogen-bond acceptors (Lipinski definition) is 4. The van der Waals surface area contributed by atoms with Crippen LogP contribution in [0.5, 0.6) is 0 Å². The zero-order valence-corrected chi connectivity index (χ0v) is 14.0. The molecule has 0 saturated heterocycles. The van der Waals surface area contributed by atoms with E-state index in [9.17, 15) is 4.21 Å². The van der Waals surface area contributed by atoms with Gasteiger partial charge in [-0.25, -0.2) is 8.93 Å². The van der Waals surface area contributed by atoms with Gasteiger partial charge in [0.05, 0.1) is 22.6 Å². The summed E-state index contributed by atoms with van der Waals surface area (Å²) in [7, 11) is 0. The summed E-state index contributed by atoms with van der Waals surface area (Å²) in [5.41, 5.74) is 1.43. The van der Waals surface area contributed by atoms with Crippen LogP contribution in [0.3, 0.4) is 0 Å². The van der Waals surface area contributed by atoms with Crippen LogP contribution in [-0.4, -0.2) is 14.9 Å². The minimum absolute atomic E-state index is 0.222. The summed E-state index contributed by atoms with van der Waals surface area (Å²) < 4.78 is 25.7. The van der Waals surface area contributed by atoms with Gasteiger partial charge in [-0.1, -0.05) is 23.8 Å². The number of fused-ring (bicyclic) bond motifs is 3. The Hall–Kier alpha value is -0.730. The van der Waals surface area contributed by atoms with Gasteiger partial charge in [0.2, 0.25) is 0 Å². The van der Waals surface area contributed by atoms with Gasteiger partial charge in [0.15, 0.2) is 0 Å². The first-order valence-corrected chi connectivity index (χ1v) is 9.48. The van der Waals surface area contributed by atoms with Gasteiger partial charge < -0.3 is 5.32 Å². The maximum atomic E-state index is 10.9. The van der Waals surface area contributed by atoms with E-state index in [0.29, 0.717) is 22.5 Å². The molecule has 1 aromatic carbocycles. The van der Waals surface area contributed by atoms with E-state index in [4.69, 9.17) is 16.2 Å². The SMILES string of the molecule is O=S(O)Nc1cc2c(cc1Cl)NC(C1CC3C=CC1C3)NS2. The molecule has 2 bridgehead atoms. The van der Waals surface area contributed by atoms with E-state index in [1.54, 1.807) is 18.0 Å². The van der Waals surface area contributed by atoms with Gasteiger partial charge in [-0.15, -0.1) is 0 Å². The fourth-order valence-corrected chi connectivity index (χ4v) is 5.16. The quantitative estimate of drug-likeness (QED) is 0.379. The molecule has 4 N–H and O–H groups in total. The lowest BCUT2D eigenvalue weighted by molar-refractivity contribution is 0.372. The lowest BCUT2D eigenvalue weighted by Gasteiger charge is -2.34. The highest BCUT2D eigenvalue weighted by atomic mass is 35.5. The Balaban J connectivity index is 1.55. The van der Waals surface area contributed by atoms with Gasteiger partial charge in [0.1, 0.15) is 0 Å². The molecule has 0 aromatic heterocycles. The number of halogens is 1. The van der Waals surface area contributed by atoms with Crippen molar-refractivity contribution in [3.05, 3.63) is 29.3 Å². The Kier molecular flexibility index (Phi) is 3.86. The van der Waals surface area contributed by atoms with Gasteiger partial charge >= 0.3 is 0 Å². The van der Waals surface area contributed by atoms with Gasteiger partial charge in [-0.2, -0.15) is 0 Å². The summed E-state index contributed by atoms with van der Waals surface area (Å²) >= 11 is 5.60. The minimum Gasteiger partial charge on any atom is -0.368 e. The van der Waals surface area contributed by atoms with Crippen molar-refractivity contribution in [1.82, 2.24) is 4.72 Å². The number of nitrogens with one attached hydrogen (secondary N) is 3. The Morgan fingerprint density at radius 2 is 2.23 bits per heavy atom. The van der Waals surface area contributed by atoms with Crippen molar-refractivity contribution >= 4 is 46.2 Å². The van der Waals surface area contributed by atoms with E-state index < -0.39 is 11.3 Å². The second-order valence-corrected chi connectivity index (χ2v) is 7.95. The third-order valence-corrected chi connectivity index (χ3v) is 6.27. The highest BCUT2D eigenvalue weighted by molar-refractivity contribution is 7.97. The zero-order chi connectivity index (χ0) is 15.3. The number of allylic oxidation sites excluding steroid dienone is 2. The standard InChI is InChI=1S/C14H16ClN3O2S2/c15-10-5-12-13(6-11(10)18-22(19)20)21-17-14(16-12)9-4-7-1-2-8(9)3-7/h1-2,5-9,14,16-18H,3-4H2,(H,19,20). The fourth-order valence-electron chi connectivity index (χ4n) is 3.65. The average Bonchev–Trinajstić information content (AvgIpc) is 3.10. The van der Waals surface area contributed by atoms with Crippen LogP contribution in [0.25, 0.3) is 0 Å². The largest absolute Gasteiger partial charge is 0.368 e. The van der Waals surface area contributed by atoms with Crippen molar-refractivity contribution < 1.29 is 8.76 Å². The van der Waals surface area contributed by atoms with Crippen molar-refractivity contribution in [2.45, 2.75) is 23.9 Å². The second kappa shape index (κ2) is 5.72. The first-order valence-electron chi connectivity index (χ1n) is 7.18. The summed E-state index contributed by atoms with van der Waals surface area (Å²) in [6.45, 7) is 0. The van der Waals surface area contributed by atoms with Crippen LogP contribution in [0.1, 0.15) is 12.8 Å². The van der Waals surface area contributed by atoms with Crippen LogP contribution in [0.15, 0.2) is 29.2 Å². The van der Waals surface area contributed by atoms with Crippen LogP contribution >= 0.6 is 23.5 Å². The predicted molar refractivity (Wildman–Crippen MR) is 91.1 cm³/mol. The molecule has 22 heavy (non-hydrogen) atoms. The molecule has 0 spiro atoms. The number of benzene rings is 1. The molecule has 5 unspecified atom stereocenters. The smallest absolute Gasteiger partial charge is 0.259 e. The first-order chi connectivity index (χ1) is 10.6. The Morgan fingerprint density at radius 1 is 1.36 bits per heavy atom. The van der Waals surface area contributed by atoms with E-state index in [1.165, 1.54) is 12.8 Å². The molecule has 118 valence electrons. The topological polar surface area (TPSA) is 73.4 Å². The number of rotatable bonds is 3. The maximum absolute atomic E-state index is 10.9. The normalized spacial score (nSPS) is 33.4. The van der Waals surface area contributed by atoms with Gasteiger partial charge in [-0.3, -0.25) is 9.27 Å². The van der Waals surface area contributed by atoms with Crippen LogP contribution in [0, 0.1) is 17.8 Å². The molecular weight excluding hydrogens is 342 g/mol. The monoisotopic (exact) mass is 357 g/mol. The first kappa shape index (κ1) is 14.8. The molecule has 1 heterocycles. The van der Waals surface area contributed by atoms with Crippen LogP contribution in [0.2, 0.25) is 5.02 Å². The van der Waals surface area contributed by atoms with E-state index in [0.717, 1.165) is 16.5 Å². The Bertz CT molecular complexity index is 670. The molecule has 1 fully saturated rings. The lowest BCUT2D eigenvalue weighted by atomic mass is 9.91. The molecule has 0 amide bonds. The second-order valence-electron chi connectivity index (χ2n) is 5.97. The summed E-state index contributed by atoms with van der Waals surface area (Å²) in [5.74, 6) is 1.99. The summed E-state index contributed by atoms with van der Waals surface area (Å²) in [5, 5.41) is 3.96. The fraction of sp³-hybridized carbons (Fsp3) is 0.429. The number of anilines is 2. The zero-order valence-electron chi connectivity index (χ0n) is 11.6. The highest BCUT2D eigenvalue weighted by Gasteiger charge is 2.41. The van der Waals surface area contributed by atoms with Crippen molar-refractivity contribution in [1.29, 1.82) is 0 Å². The molecule has 1 saturated carbocycles. The molecule has 1 aromatic rings. The molecule has 5 nitrogen and oxygen atoms in total. The molecule has 5 atom stereocenters. The van der Waals surface area contributed by atoms with Gasteiger partial charge in [0, 0.05) is 10.8 Å². The summed E-state index contributed by atoms with van der Waals surface area (Å²) in [4.78, 5) is 0.965. The molecular formula is C14H16ClN3O2S2. The molecule has 4 rings (SSSR count). The third kappa shape index (κ3) is 2.65. The summed E-state index contributed by atoms with van der Waals surface area (Å²) in [6.07, 6.45) is 7.40. The van der Waals surface area contributed by atoms with E-state index in [-0.39, 0.29) is 6.17 Å². The minimum atomic E-state index is -2.13. The predicted octanol–water partition coefficient (Wildman–Crippen LogP) is 3.45. The molecule has 2 aliphatic carbocycles. The Labute approximate surface area is 140 Å². The van der Waals surface area contributed by atoms with E-state index in [2.05, 4.69) is 26.9 Å². The molecule has 3 aliphatic rings. The van der Waals surface area contributed by atoms with Gasteiger partial charge in [0.25, 0.3) is 11.3 Å². The number of hydrogen-bond donors (Lipinski definition) is 4. The Morgan fingerprint density at radius 3 is 2.91 bits per heavy atom. The van der Waals surface area contributed by atoms with E-state index in [1.807, 2.05) is 6.07 Å². The van der Waals surface area contributed by atoms with Crippen LogP contribution in [-0.2, 0) is 11.3 Å². The van der Waals surface area contributed by atoms with Crippen molar-refractivity contribution in [2.75, 3.05) is 10.0 Å². The average molecular weight is 358 g/mol. The summed E-state index contributed by atoms with van der Waals surface area (Å²) in [6, 6.07) is 3.60. The van der Waals surface area contributed by atoms with Crippen LogP contribution < -0.4 is 14.8 Å². The lowest BCUT2D eigenvalue weighted by Crippen LogP contribution is -2.43. The molecule has 1 aliphatic heterocycles.